The van der Waals surface area contributed by atoms with Crippen molar-refractivity contribution in [1.82, 2.24) is 0 Å². The molecule has 126 valence electrons. The van der Waals surface area contributed by atoms with Gasteiger partial charge in [0.1, 0.15) is 12.1 Å². The Bertz CT molecular complexity index is 555. The lowest BCUT2D eigenvalue weighted by molar-refractivity contribution is -1.12. The van der Waals surface area contributed by atoms with Crippen LogP contribution in [0.25, 0.3) is 0 Å². The van der Waals surface area contributed by atoms with Gasteiger partial charge in [-0.1, -0.05) is 10.7 Å². The predicted molar refractivity (Wildman–Crippen MR) is 74.5 cm³/mol. The molecule has 1 aliphatic carbocycles. The van der Waals surface area contributed by atoms with Crippen molar-refractivity contribution in [1.29, 1.82) is 0 Å². The normalized spacial score (nSPS) is 36.4. The second-order valence-corrected chi connectivity index (χ2v) is 7.75. The Balaban J connectivity index is 2.42. The van der Waals surface area contributed by atoms with Gasteiger partial charge in [-0.15, -0.1) is 11.1 Å². The summed E-state index contributed by atoms with van der Waals surface area (Å²) in [6.07, 6.45) is 10.2. The van der Waals surface area contributed by atoms with E-state index < -0.39 is 20.3 Å². The van der Waals surface area contributed by atoms with Gasteiger partial charge in [-0.05, 0) is 32.1 Å². The van der Waals surface area contributed by atoms with Gasteiger partial charge in [-0.3, -0.25) is 0 Å². The third-order valence-corrected chi connectivity index (χ3v) is 6.03. The van der Waals surface area contributed by atoms with E-state index in [1.807, 2.05) is 0 Å². The van der Waals surface area contributed by atoms with Gasteiger partial charge in [-0.25, -0.2) is 0 Å². The number of hydroxylamine groups is 3. The van der Waals surface area contributed by atoms with Gasteiger partial charge in [0.15, 0.2) is 6.54 Å². The lowest BCUT2D eigenvalue weighted by atomic mass is 9.76. The van der Waals surface area contributed by atoms with Crippen molar-refractivity contribution in [2.45, 2.75) is 63.0 Å². The average molecular weight is 340 g/mol. The lowest BCUT2D eigenvalue weighted by Gasteiger charge is -2.51. The first kappa shape index (κ1) is 17.6. The Hall–Kier alpha value is -0.780. The van der Waals surface area contributed by atoms with Crippen LogP contribution in [0.2, 0.25) is 0 Å². The van der Waals surface area contributed by atoms with Crippen LogP contribution in [0.1, 0.15) is 45.4 Å². The number of terminal acetylenes is 1. The van der Waals surface area contributed by atoms with E-state index in [9.17, 15) is 21.6 Å². The maximum Gasteiger partial charge on any atom is 0.528 e. The Kier molecular flexibility index (Phi) is 4.81. The summed E-state index contributed by atoms with van der Waals surface area (Å²) in [5.74, 6) is 2.50. The van der Waals surface area contributed by atoms with Crippen LogP contribution in [-0.2, 0) is 14.4 Å². The molecule has 0 aromatic heterocycles. The van der Waals surface area contributed by atoms with Crippen molar-refractivity contribution in [3.8, 4) is 12.3 Å². The minimum atomic E-state index is -5.68. The topological polar surface area (TPSA) is 43.4 Å². The van der Waals surface area contributed by atoms with Crippen LogP contribution in [0.4, 0.5) is 13.2 Å². The number of hydrogen-bond acceptors (Lipinski definition) is 3. The second-order valence-electron chi connectivity index (χ2n) is 6.23. The summed E-state index contributed by atoms with van der Waals surface area (Å²) in [5, 5.41) is 0. The number of halogens is 3. The largest absolute Gasteiger partial charge is 0.528 e. The molecule has 2 fully saturated rings. The van der Waals surface area contributed by atoms with Crippen molar-refractivity contribution in [2.24, 2.45) is 5.92 Å². The summed E-state index contributed by atoms with van der Waals surface area (Å²) in [6, 6.07) is -0.668. The third kappa shape index (κ3) is 2.99. The number of nitrogens with zero attached hydrogens (tertiary/aromatic N) is 1. The fourth-order valence-corrected chi connectivity index (χ4v) is 4.66. The number of quaternary nitrogens is 1. The first-order valence-corrected chi connectivity index (χ1v) is 8.88. The zero-order chi connectivity index (χ0) is 16.6. The van der Waals surface area contributed by atoms with E-state index in [1.54, 1.807) is 6.92 Å². The SMILES string of the molecule is C#CC[N+]1(OS(=O)(=O)C(F)(F)F)C(C)CCC2CCCCC21. The smallest absolute Gasteiger partial charge is 0.185 e. The maximum absolute atomic E-state index is 12.8. The van der Waals surface area contributed by atoms with E-state index in [4.69, 9.17) is 10.7 Å². The molecule has 0 amide bonds. The summed E-state index contributed by atoms with van der Waals surface area (Å²) in [4.78, 5) is 0. The molecule has 2 aliphatic rings. The van der Waals surface area contributed by atoms with Crippen LogP contribution in [0.5, 0.6) is 0 Å². The van der Waals surface area contributed by atoms with Crippen LogP contribution in [-0.4, -0.2) is 37.2 Å². The summed E-state index contributed by atoms with van der Waals surface area (Å²) in [6.45, 7) is 1.55. The minimum absolute atomic E-state index is 0.168. The van der Waals surface area contributed by atoms with Crippen LogP contribution < -0.4 is 0 Å². The number of likely N-dealkylation sites (tertiary alicyclic amines) is 1. The molecule has 2 rings (SSSR count). The number of rotatable bonds is 3. The zero-order valence-corrected chi connectivity index (χ0v) is 13.3. The Morgan fingerprint density at radius 3 is 2.45 bits per heavy atom. The van der Waals surface area contributed by atoms with Gasteiger partial charge < -0.3 is 0 Å². The molecule has 4 atom stereocenters. The molecule has 0 N–H and O–H groups in total. The fourth-order valence-electron chi connectivity index (χ4n) is 3.90. The number of hydrogen-bond donors (Lipinski definition) is 0. The van der Waals surface area contributed by atoms with E-state index in [2.05, 4.69) is 5.92 Å². The molecular weight excluding hydrogens is 319 g/mol. The van der Waals surface area contributed by atoms with Crippen LogP contribution >= 0.6 is 0 Å². The Morgan fingerprint density at radius 1 is 1.23 bits per heavy atom. The summed E-state index contributed by atoms with van der Waals surface area (Å²) >= 11 is 0. The zero-order valence-electron chi connectivity index (χ0n) is 12.5. The molecule has 1 saturated heterocycles. The molecule has 0 spiro atoms. The number of piperidine rings is 1. The summed E-state index contributed by atoms with van der Waals surface area (Å²) in [7, 11) is -5.68. The molecule has 0 bridgehead atoms. The molecule has 8 heteroatoms. The van der Waals surface area contributed by atoms with E-state index >= 15 is 0 Å². The summed E-state index contributed by atoms with van der Waals surface area (Å²) < 4.78 is 65.7. The second kappa shape index (κ2) is 6.02. The highest BCUT2D eigenvalue weighted by Crippen LogP contribution is 2.45. The van der Waals surface area contributed by atoms with Gasteiger partial charge in [0.05, 0.1) is 0 Å². The van der Waals surface area contributed by atoms with E-state index in [-0.39, 0.29) is 24.5 Å². The quantitative estimate of drug-likeness (QED) is 0.451. The standard InChI is InChI=1S/C14H21F3NO3S/c1-3-10-18(21-22(19,20)14(15,16)17)11(2)8-9-12-6-4-5-7-13(12)18/h1,11-13H,4-10H2,2H3/q+1. The van der Waals surface area contributed by atoms with E-state index in [0.717, 1.165) is 25.7 Å². The molecular formula is C14H21F3NO3S+. The molecule has 0 aromatic rings. The lowest BCUT2D eigenvalue weighted by Crippen LogP contribution is -2.67. The van der Waals surface area contributed by atoms with Gasteiger partial charge in [0.25, 0.3) is 0 Å². The van der Waals surface area contributed by atoms with Crippen LogP contribution in [0.15, 0.2) is 0 Å². The minimum Gasteiger partial charge on any atom is -0.185 e. The van der Waals surface area contributed by atoms with Crippen LogP contribution in [0.3, 0.4) is 0 Å². The Morgan fingerprint density at radius 2 is 1.86 bits per heavy atom. The molecule has 1 aliphatic heterocycles. The van der Waals surface area contributed by atoms with Crippen molar-refractivity contribution < 1.29 is 30.5 Å². The van der Waals surface area contributed by atoms with Gasteiger partial charge >= 0.3 is 15.6 Å². The number of alkyl halides is 3. The highest BCUT2D eigenvalue weighted by molar-refractivity contribution is 7.87. The van der Waals surface area contributed by atoms with Crippen molar-refractivity contribution in [3.63, 3.8) is 0 Å². The van der Waals surface area contributed by atoms with Gasteiger partial charge in [-0.2, -0.15) is 21.6 Å². The monoisotopic (exact) mass is 340 g/mol. The predicted octanol–water partition coefficient (Wildman–Crippen LogP) is 2.96. The molecule has 1 saturated carbocycles. The van der Waals surface area contributed by atoms with Gasteiger partial charge in [0.2, 0.25) is 0 Å². The molecule has 4 unspecified atom stereocenters. The van der Waals surface area contributed by atoms with Crippen LogP contribution in [0, 0.1) is 18.3 Å². The van der Waals surface area contributed by atoms with E-state index in [0.29, 0.717) is 12.8 Å². The van der Waals surface area contributed by atoms with Crippen molar-refractivity contribution in [3.05, 3.63) is 0 Å². The third-order valence-electron chi connectivity index (χ3n) is 4.99. The van der Waals surface area contributed by atoms with Crippen molar-refractivity contribution >= 4 is 10.1 Å². The fraction of sp³-hybridized carbons (Fsp3) is 0.857. The molecule has 0 radical (unpaired) electrons. The average Bonchev–Trinajstić information content (AvgIpc) is 2.42. The van der Waals surface area contributed by atoms with Gasteiger partial charge in [0, 0.05) is 18.8 Å². The van der Waals surface area contributed by atoms with E-state index in [1.165, 1.54) is 0 Å². The molecule has 1 heterocycles. The Labute approximate surface area is 129 Å². The molecule has 4 nitrogen and oxygen atoms in total. The summed E-state index contributed by atoms with van der Waals surface area (Å²) in [5.41, 5.74) is -5.44. The first-order chi connectivity index (χ1) is 10.1. The highest BCUT2D eigenvalue weighted by Gasteiger charge is 2.59. The van der Waals surface area contributed by atoms with Crippen molar-refractivity contribution in [2.75, 3.05) is 6.54 Å². The number of fused-ring (bicyclic) bond motifs is 1. The molecule has 22 heavy (non-hydrogen) atoms. The molecule has 0 aromatic carbocycles. The maximum atomic E-state index is 12.8. The first-order valence-electron chi connectivity index (χ1n) is 7.47. The highest BCUT2D eigenvalue weighted by atomic mass is 32.2.